The quantitative estimate of drug-likeness (QED) is 0.157. The van der Waals surface area contributed by atoms with E-state index in [9.17, 15) is 4.79 Å². The van der Waals surface area contributed by atoms with Crippen molar-refractivity contribution >= 4 is 106 Å². The number of alkyl halides is 3. The van der Waals surface area contributed by atoms with Gasteiger partial charge in [0.1, 0.15) is 11.9 Å². The molecule has 11 heteroatoms. The standard InChI is InChI=1S/C22H18Br2Cl3N3O2S/c1-32-14-10-16(23)19(17(24)11-14)29-21(33)30-20(22(25,26)27)28-18(31)9-13-7-4-6-12-5-2-3-8-15(12)13/h2-8,10-11,20H,9H2,1H3,(H,28,31)(H2,29,30,33)/t20-/m0/s1. The number of thiocarbonyl (C=S) groups is 1. The van der Waals surface area contributed by atoms with Crippen LogP contribution in [0.4, 0.5) is 5.69 Å². The number of methoxy groups -OCH3 is 1. The SMILES string of the molecule is COc1cc(Br)c(NC(=S)N[C@H](NC(=O)Cc2cccc3ccccc23)C(Cl)(Cl)Cl)c(Br)c1. The number of halogens is 5. The molecule has 0 bridgehead atoms. The van der Waals surface area contributed by atoms with Gasteiger partial charge in [-0.25, -0.2) is 0 Å². The summed E-state index contributed by atoms with van der Waals surface area (Å²) < 4.78 is 4.76. The minimum atomic E-state index is -1.87. The fourth-order valence-electron chi connectivity index (χ4n) is 3.10. The zero-order chi connectivity index (χ0) is 24.2. The maximum atomic E-state index is 12.8. The van der Waals surface area contributed by atoms with Crippen LogP contribution in [0.3, 0.4) is 0 Å². The van der Waals surface area contributed by atoms with Gasteiger partial charge in [0.25, 0.3) is 0 Å². The average Bonchev–Trinajstić information content (AvgIpc) is 2.75. The van der Waals surface area contributed by atoms with Crippen LogP contribution in [-0.2, 0) is 11.2 Å². The minimum Gasteiger partial charge on any atom is -0.497 e. The van der Waals surface area contributed by atoms with Gasteiger partial charge in [-0.1, -0.05) is 77.3 Å². The Balaban J connectivity index is 1.71. The molecule has 174 valence electrons. The summed E-state index contributed by atoms with van der Waals surface area (Å²) in [6.45, 7) is 0. The Kier molecular flexibility index (Phi) is 9.11. The minimum absolute atomic E-state index is 0.107. The fraction of sp³-hybridized carbons (Fsp3) is 0.182. The summed E-state index contributed by atoms with van der Waals surface area (Å²) >= 11 is 30.7. The Morgan fingerprint density at radius 1 is 1.06 bits per heavy atom. The highest BCUT2D eigenvalue weighted by atomic mass is 79.9. The number of ether oxygens (including phenoxy) is 1. The maximum Gasteiger partial charge on any atom is 0.228 e. The highest BCUT2D eigenvalue weighted by Gasteiger charge is 2.34. The Morgan fingerprint density at radius 2 is 1.70 bits per heavy atom. The third-order valence-corrected chi connectivity index (χ3v) is 6.75. The molecule has 5 nitrogen and oxygen atoms in total. The number of fused-ring (bicyclic) bond motifs is 1. The summed E-state index contributed by atoms with van der Waals surface area (Å²) in [4.78, 5) is 12.8. The molecule has 0 aliphatic carbocycles. The largest absolute Gasteiger partial charge is 0.497 e. The van der Waals surface area contributed by atoms with Crippen molar-refractivity contribution in [1.82, 2.24) is 10.6 Å². The Bertz CT molecular complexity index is 1160. The summed E-state index contributed by atoms with van der Waals surface area (Å²) in [5, 5.41) is 10.8. The van der Waals surface area contributed by atoms with Gasteiger partial charge in [-0.15, -0.1) is 0 Å². The lowest BCUT2D eigenvalue weighted by molar-refractivity contribution is -0.121. The number of hydrogen-bond donors (Lipinski definition) is 3. The molecule has 3 aromatic rings. The molecule has 3 rings (SSSR count). The third kappa shape index (κ3) is 7.10. The number of benzene rings is 3. The van der Waals surface area contributed by atoms with Crippen LogP contribution in [0.2, 0.25) is 0 Å². The van der Waals surface area contributed by atoms with Crippen LogP contribution in [0.5, 0.6) is 5.75 Å². The summed E-state index contributed by atoms with van der Waals surface area (Å²) in [5.74, 6) is 0.322. The van der Waals surface area contributed by atoms with E-state index in [0.717, 1.165) is 16.3 Å². The van der Waals surface area contributed by atoms with Gasteiger partial charge in [-0.2, -0.15) is 0 Å². The molecule has 0 radical (unpaired) electrons. The summed E-state index contributed by atoms with van der Waals surface area (Å²) in [6, 6.07) is 17.2. The van der Waals surface area contributed by atoms with E-state index in [1.165, 1.54) is 0 Å². The number of hydrogen-bond acceptors (Lipinski definition) is 3. The third-order valence-electron chi connectivity index (χ3n) is 4.63. The number of carbonyl (C=O) groups excluding carboxylic acids is 1. The van der Waals surface area contributed by atoms with Crippen LogP contribution in [-0.4, -0.2) is 28.1 Å². The molecule has 0 unspecified atom stereocenters. The summed E-state index contributed by atoms with van der Waals surface area (Å²) in [7, 11) is 1.57. The van der Waals surface area contributed by atoms with Crippen molar-refractivity contribution in [3.63, 3.8) is 0 Å². The van der Waals surface area contributed by atoms with E-state index in [1.54, 1.807) is 19.2 Å². The van der Waals surface area contributed by atoms with Gasteiger partial charge in [0, 0.05) is 8.95 Å². The van der Waals surface area contributed by atoms with E-state index in [4.69, 9.17) is 51.8 Å². The van der Waals surface area contributed by atoms with E-state index in [-0.39, 0.29) is 17.4 Å². The Hall–Kier alpha value is -1.29. The van der Waals surface area contributed by atoms with Crippen LogP contribution in [0.15, 0.2) is 63.5 Å². The molecule has 3 aromatic carbocycles. The molecule has 1 atom stereocenters. The monoisotopic (exact) mass is 651 g/mol. The van der Waals surface area contributed by atoms with Gasteiger partial charge in [0.05, 0.1) is 19.2 Å². The first-order valence-electron chi connectivity index (χ1n) is 9.51. The second-order valence-electron chi connectivity index (χ2n) is 6.92. The molecule has 0 spiro atoms. The zero-order valence-electron chi connectivity index (χ0n) is 17.1. The van der Waals surface area contributed by atoms with E-state index in [2.05, 4.69) is 47.8 Å². The molecule has 0 fully saturated rings. The molecule has 0 saturated carbocycles. The number of nitrogens with one attached hydrogen (secondary N) is 3. The summed E-state index contributed by atoms with van der Waals surface area (Å²) in [6.07, 6.45) is -0.975. The molecule has 3 N–H and O–H groups in total. The van der Waals surface area contributed by atoms with E-state index in [1.807, 2.05) is 42.5 Å². The van der Waals surface area contributed by atoms with Gasteiger partial charge in [-0.05, 0) is 72.5 Å². The van der Waals surface area contributed by atoms with Gasteiger partial charge < -0.3 is 20.7 Å². The van der Waals surface area contributed by atoms with Crippen molar-refractivity contribution in [2.24, 2.45) is 0 Å². The second kappa shape index (κ2) is 11.4. The zero-order valence-corrected chi connectivity index (χ0v) is 23.4. The first kappa shape index (κ1) is 26.3. The Labute approximate surface area is 228 Å². The van der Waals surface area contributed by atoms with E-state index in [0.29, 0.717) is 20.4 Å². The van der Waals surface area contributed by atoms with Crippen molar-refractivity contribution in [3.05, 3.63) is 69.1 Å². The average molecular weight is 655 g/mol. The Morgan fingerprint density at radius 3 is 2.33 bits per heavy atom. The lowest BCUT2D eigenvalue weighted by Gasteiger charge is -2.28. The summed E-state index contributed by atoms with van der Waals surface area (Å²) in [5.41, 5.74) is 1.50. The van der Waals surface area contributed by atoms with Crippen LogP contribution < -0.4 is 20.7 Å². The lowest BCUT2D eigenvalue weighted by atomic mass is 10.0. The van der Waals surface area contributed by atoms with Crippen LogP contribution in [0, 0.1) is 0 Å². The van der Waals surface area contributed by atoms with Gasteiger partial charge >= 0.3 is 0 Å². The predicted octanol–water partition coefficient (Wildman–Crippen LogP) is 6.72. The molecule has 0 heterocycles. The number of anilines is 1. The normalized spacial score (nSPS) is 12.2. The van der Waals surface area contributed by atoms with E-state index < -0.39 is 9.96 Å². The van der Waals surface area contributed by atoms with Crippen LogP contribution >= 0.6 is 78.9 Å². The van der Waals surface area contributed by atoms with Crippen molar-refractivity contribution in [1.29, 1.82) is 0 Å². The predicted molar refractivity (Wildman–Crippen MR) is 148 cm³/mol. The van der Waals surface area contributed by atoms with Crippen LogP contribution in [0.1, 0.15) is 5.56 Å². The molecule has 0 aromatic heterocycles. The molecule has 0 aliphatic heterocycles. The fourth-order valence-corrected chi connectivity index (χ4v) is 4.99. The maximum absolute atomic E-state index is 12.8. The van der Waals surface area contributed by atoms with Crippen molar-refractivity contribution in [2.75, 3.05) is 12.4 Å². The second-order valence-corrected chi connectivity index (χ2v) is 11.4. The van der Waals surface area contributed by atoms with E-state index >= 15 is 0 Å². The lowest BCUT2D eigenvalue weighted by Crippen LogP contribution is -2.56. The van der Waals surface area contributed by atoms with Gasteiger partial charge in [-0.3, -0.25) is 4.79 Å². The number of amides is 1. The molecule has 33 heavy (non-hydrogen) atoms. The topological polar surface area (TPSA) is 62.4 Å². The van der Waals surface area contributed by atoms with Crippen molar-refractivity contribution in [2.45, 2.75) is 16.4 Å². The van der Waals surface area contributed by atoms with Crippen molar-refractivity contribution < 1.29 is 9.53 Å². The van der Waals surface area contributed by atoms with Gasteiger partial charge in [0.15, 0.2) is 5.11 Å². The first-order valence-corrected chi connectivity index (χ1v) is 12.6. The first-order chi connectivity index (χ1) is 15.6. The molecule has 0 aliphatic rings. The highest BCUT2D eigenvalue weighted by Crippen LogP contribution is 2.35. The van der Waals surface area contributed by atoms with Crippen molar-refractivity contribution in [3.8, 4) is 5.75 Å². The molecule has 1 amide bonds. The molecular weight excluding hydrogens is 636 g/mol. The van der Waals surface area contributed by atoms with Crippen LogP contribution in [0.25, 0.3) is 10.8 Å². The number of carbonyl (C=O) groups is 1. The number of rotatable bonds is 6. The smallest absolute Gasteiger partial charge is 0.228 e. The molecular formula is C22H18Br2Cl3N3O2S. The molecule has 0 saturated heterocycles. The highest BCUT2D eigenvalue weighted by molar-refractivity contribution is 9.11. The van der Waals surface area contributed by atoms with Gasteiger partial charge in [0.2, 0.25) is 9.70 Å².